The quantitative estimate of drug-likeness (QED) is 0.696. The lowest BCUT2D eigenvalue weighted by Crippen LogP contribution is -1.97. The van der Waals surface area contributed by atoms with Crippen LogP contribution in [0.4, 0.5) is 5.69 Å². The lowest BCUT2D eigenvalue weighted by atomic mass is 10.1. The van der Waals surface area contributed by atoms with Crippen molar-refractivity contribution in [1.82, 2.24) is 4.98 Å². The molecule has 100 valence electrons. The molecule has 1 aromatic heterocycles. The molecule has 1 N–H and O–H groups in total. The smallest absolute Gasteiger partial charge is 0.270 e. The maximum absolute atomic E-state index is 11.6. The summed E-state index contributed by atoms with van der Waals surface area (Å²) in [6.07, 6.45) is 3.92. The number of rotatable bonds is 3. The molecule has 0 amide bonds. The van der Waals surface area contributed by atoms with Gasteiger partial charge in [-0.1, -0.05) is 11.6 Å². The van der Waals surface area contributed by atoms with E-state index in [0.29, 0.717) is 11.1 Å². The van der Waals surface area contributed by atoms with Crippen LogP contribution in [0.25, 0.3) is 11.1 Å². The minimum atomic E-state index is -3.41. The van der Waals surface area contributed by atoms with E-state index < -0.39 is 14.8 Å². The third-order valence-corrected chi connectivity index (χ3v) is 4.01. The number of nitro groups is 1. The Bertz CT molecular complexity index is 752. The predicted molar refractivity (Wildman–Crippen MR) is 71.0 cm³/mol. The Kier molecular flexibility index (Phi) is 3.34. The van der Waals surface area contributed by atoms with Crippen molar-refractivity contribution in [3.8, 4) is 11.1 Å². The van der Waals surface area contributed by atoms with E-state index in [4.69, 9.17) is 11.6 Å². The summed E-state index contributed by atoms with van der Waals surface area (Å²) in [5.41, 5.74) is 0.668. The molecule has 1 aromatic carbocycles. The van der Waals surface area contributed by atoms with Gasteiger partial charge >= 0.3 is 0 Å². The Hall–Kier alpha value is -1.86. The predicted octanol–water partition coefficient (Wildman–Crippen LogP) is 2.65. The average molecular weight is 301 g/mol. The third kappa shape index (κ3) is 2.61. The molecule has 8 heteroatoms. The second-order valence-corrected chi connectivity index (χ2v) is 6.32. The maximum Gasteiger partial charge on any atom is 0.270 e. The Morgan fingerprint density at radius 2 is 1.95 bits per heavy atom. The number of non-ortho nitro benzene ring substituents is 1. The van der Waals surface area contributed by atoms with Crippen LogP contribution in [-0.4, -0.2) is 24.6 Å². The number of H-pyrrole nitrogens is 1. The third-order valence-electron chi connectivity index (χ3n) is 2.56. The van der Waals surface area contributed by atoms with Crippen LogP contribution in [0.2, 0.25) is 5.02 Å². The summed E-state index contributed by atoms with van der Waals surface area (Å²) in [7, 11) is -3.41. The number of nitrogens with zero attached hydrogens (tertiary/aromatic N) is 1. The number of nitrogens with one attached hydrogen (secondary N) is 1. The normalized spacial score (nSPS) is 11.5. The summed E-state index contributed by atoms with van der Waals surface area (Å²) in [4.78, 5) is 12.9. The van der Waals surface area contributed by atoms with Gasteiger partial charge in [0.05, 0.1) is 14.8 Å². The van der Waals surface area contributed by atoms with E-state index >= 15 is 0 Å². The number of sulfone groups is 1. The molecule has 0 aliphatic heterocycles. The first-order chi connectivity index (χ1) is 8.80. The molecule has 0 radical (unpaired) electrons. The minimum Gasteiger partial charge on any atom is -0.366 e. The van der Waals surface area contributed by atoms with Gasteiger partial charge in [-0.2, -0.15) is 0 Å². The molecule has 1 heterocycles. The Morgan fingerprint density at radius 3 is 2.47 bits per heavy atom. The van der Waals surface area contributed by atoms with Gasteiger partial charge in [0.25, 0.3) is 5.69 Å². The highest BCUT2D eigenvalue weighted by Crippen LogP contribution is 2.34. The molecule has 0 atom stereocenters. The minimum absolute atomic E-state index is 0.100. The molecule has 2 aromatic rings. The highest BCUT2D eigenvalue weighted by Gasteiger charge is 2.19. The van der Waals surface area contributed by atoms with Crippen molar-refractivity contribution >= 4 is 27.1 Å². The number of hydrogen-bond donors (Lipinski definition) is 1. The zero-order valence-corrected chi connectivity index (χ0v) is 11.3. The number of aromatic amines is 1. The number of halogens is 1. The summed E-state index contributed by atoms with van der Waals surface area (Å²) >= 11 is 5.97. The lowest BCUT2D eigenvalue weighted by molar-refractivity contribution is -0.384. The largest absolute Gasteiger partial charge is 0.366 e. The number of hydrogen-bond acceptors (Lipinski definition) is 4. The first kappa shape index (κ1) is 13.6. The van der Waals surface area contributed by atoms with Crippen LogP contribution in [0, 0.1) is 10.1 Å². The molecular weight excluding hydrogens is 292 g/mol. The maximum atomic E-state index is 11.6. The van der Waals surface area contributed by atoms with E-state index in [0.717, 1.165) is 6.26 Å². The second kappa shape index (κ2) is 4.67. The van der Waals surface area contributed by atoms with Gasteiger partial charge < -0.3 is 4.98 Å². The van der Waals surface area contributed by atoms with Crippen molar-refractivity contribution in [3.63, 3.8) is 0 Å². The fourth-order valence-corrected chi connectivity index (χ4v) is 2.83. The van der Waals surface area contributed by atoms with Gasteiger partial charge in [0.15, 0.2) is 9.84 Å². The van der Waals surface area contributed by atoms with E-state index in [9.17, 15) is 18.5 Å². The van der Waals surface area contributed by atoms with Crippen molar-refractivity contribution in [3.05, 3.63) is 45.7 Å². The molecule has 0 aliphatic carbocycles. The van der Waals surface area contributed by atoms with Crippen LogP contribution in [0.5, 0.6) is 0 Å². The summed E-state index contributed by atoms with van der Waals surface area (Å²) in [5.74, 6) is 0. The molecule has 0 saturated heterocycles. The standard InChI is InChI=1S/C11H9ClN2O4S/c1-19(17,18)11-6-13-5-9(11)8-3-2-7(14(15)16)4-10(8)12/h2-6,13H,1H3. The van der Waals surface area contributed by atoms with Crippen LogP contribution >= 0.6 is 11.6 Å². The molecule has 0 spiro atoms. The summed E-state index contributed by atoms with van der Waals surface area (Å²) in [6.45, 7) is 0. The molecule has 6 nitrogen and oxygen atoms in total. The monoisotopic (exact) mass is 300 g/mol. The second-order valence-electron chi connectivity index (χ2n) is 3.93. The molecule has 2 rings (SSSR count). The molecule has 0 saturated carbocycles. The van der Waals surface area contributed by atoms with E-state index in [1.807, 2.05) is 0 Å². The molecular formula is C11H9ClN2O4S. The molecule has 19 heavy (non-hydrogen) atoms. The molecule has 0 bridgehead atoms. The zero-order valence-electron chi connectivity index (χ0n) is 9.75. The highest BCUT2D eigenvalue weighted by atomic mass is 35.5. The molecule has 0 unspecified atom stereocenters. The van der Waals surface area contributed by atoms with Crippen molar-refractivity contribution in [2.24, 2.45) is 0 Å². The van der Waals surface area contributed by atoms with E-state index in [1.54, 1.807) is 0 Å². The van der Waals surface area contributed by atoms with Crippen molar-refractivity contribution in [2.45, 2.75) is 4.90 Å². The SMILES string of the molecule is CS(=O)(=O)c1c[nH]cc1-c1ccc([N+](=O)[O-])cc1Cl. The van der Waals surface area contributed by atoms with Crippen molar-refractivity contribution in [2.75, 3.05) is 6.26 Å². The summed E-state index contributed by atoms with van der Waals surface area (Å²) in [6, 6.07) is 3.90. The van der Waals surface area contributed by atoms with E-state index in [1.165, 1.54) is 30.6 Å². The van der Waals surface area contributed by atoms with Crippen LogP contribution in [0.3, 0.4) is 0 Å². The summed E-state index contributed by atoms with van der Waals surface area (Å²) < 4.78 is 23.2. The van der Waals surface area contributed by atoms with Gasteiger partial charge in [-0.05, 0) is 6.07 Å². The van der Waals surface area contributed by atoms with Crippen LogP contribution in [-0.2, 0) is 9.84 Å². The Balaban J connectivity index is 2.61. The summed E-state index contributed by atoms with van der Waals surface area (Å²) in [5, 5.41) is 10.7. The van der Waals surface area contributed by atoms with Crippen LogP contribution < -0.4 is 0 Å². The van der Waals surface area contributed by atoms with Gasteiger partial charge in [-0.25, -0.2) is 8.42 Å². The van der Waals surface area contributed by atoms with E-state index in [2.05, 4.69) is 4.98 Å². The van der Waals surface area contributed by atoms with Gasteiger partial charge in [0.2, 0.25) is 0 Å². The number of aromatic nitrogens is 1. The van der Waals surface area contributed by atoms with Crippen LogP contribution in [0.15, 0.2) is 35.5 Å². The van der Waals surface area contributed by atoms with Crippen LogP contribution in [0.1, 0.15) is 0 Å². The highest BCUT2D eigenvalue weighted by molar-refractivity contribution is 7.90. The van der Waals surface area contributed by atoms with Gasteiger partial charge in [0, 0.05) is 41.9 Å². The first-order valence-corrected chi connectivity index (χ1v) is 7.39. The zero-order chi connectivity index (χ0) is 14.2. The van der Waals surface area contributed by atoms with Gasteiger partial charge in [-0.3, -0.25) is 10.1 Å². The Morgan fingerprint density at radius 1 is 1.26 bits per heavy atom. The fraction of sp³-hybridized carbons (Fsp3) is 0.0909. The molecule has 0 aliphatic rings. The van der Waals surface area contributed by atoms with Gasteiger partial charge in [-0.15, -0.1) is 0 Å². The molecule has 0 fully saturated rings. The Labute approximate surface area is 114 Å². The van der Waals surface area contributed by atoms with Crippen molar-refractivity contribution < 1.29 is 13.3 Å². The van der Waals surface area contributed by atoms with E-state index in [-0.39, 0.29) is 15.6 Å². The number of nitro benzene ring substituents is 1. The first-order valence-electron chi connectivity index (χ1n) is 5.12. The topological polar surface area (TPSA) is 93.1 Å². The van der Waals surface area contributed by atoms with Gasteiger partial charge in [0.1, 0.15) is 0 Å². The number of benzene rings is 1. The van der Waals surface area contributed by atoms with Crippen molar-refractivity contribution in [1.29, 1.82) is 0 Å². The average Bonchev–Trinajstić information content (AvgIpc) is 2.77. The lowest BCUT2D eigenvalue weighted by Gasteiger charge is -2.04. The fourth-order valence-electron chi connectivity index (χ4n) is 1.70.